The van der Waals surface area contributed by atoms with Gasteiger partial charge in [0.2, 0.25) is 5.91 Å². The molecule has 7 nitrogen and oxygen atoms in total. The maximum absolute atomic E-state index is 12.4. The topological polar surface area (TPSA) is 95.8 Å². The van der Waals surface area contributed by atoms with Crippen molar-refractivity contribution in [1.82, 2.24) is 19.8 Å². The number of nitrogens with two attached hydrogens (primary N) is 1. The Morgan fingerprint density at radius 2 is 1.92 bits per heavy atom. The largest absolute Gasteiger partial charge is 0.368 e. The number of tetrazole rings is 1. The van der Waals surface area contributed by atoms with Gasteiger partial charge >= 0.3 is 5.69 Å². The van der Waals surface area contributed by atoms with Crippen LogP contribution in [0, 0.1) is 11.8 Å². The zero-order chi connectivity index (χ0) is 17.1. The summed E-state index contributed by atoms with van der Waals surface area (Å²) >= 11 is 0. The van der Waals surface area contributed by atoms with E-state index in [2.05, 4.69) is 17.4 Å². The van der Waals surface area contributed by atoms with Crippen LogP contribution in [-0.2, 0) is 6.54 Å². The van der Waals surface area contributed by atoms with Crippen molar-refractivity contribution < 1.29 is 4.79 Å². The number of hydrogen-bond acceptors (Lipinski definition) is 4. The van der Waals surface area contributed by atoms with Gasteiger partial charge in [0.25, 0.3) is 0 Å². The van der Waals surface area contributed by atoms with Gasteiger partial charge < -0.3 is 5.73 Å². The first kappa shape index (κ1) is 16.4. The number of aromatic nitrogens is 4. The van der Waals surface area contributed by atoms with Crippen LogP contribution >= 0.6 is 0 Å². The summed E-state index contributed by atoms with van der Waals surface area (Å²) in [5, 5.41) is 7.91. The van der Waals surface area contributed by atoms with Gasteiger partial charge in [0, 0.05) is 12.1 Å². The summed E-state index contributed by atoms with van der Waals surface area (Å²) in [5.41, 5.74) is 5.92. The van der Waals surface area contributed by atoms with Crippen LogP contribution < -0.4 is 11.4 Å². The third-order valence-electron chi connectivity index (χ3n) is 5.04. The van der Waals surface area contributed by atoms with E-state index in [-0.39, 0.29) is 5.69 Å². The minimum atomic E-state index is -0.501. The van der Waals surface area contributed by atoms with Gasteiger partial charge in [-0.1, -0.05) is 32.6 Å². The van der Waals surface area contributed by atoms with Crippen LogP contribution in [0.25, 0.3) is 5.69 Å². The second-order valence-electron chi connectivity index (χ2n) is 6.62. The van der Waals surface area contributed by atoms with Crippen molar-refractivity contribution in [2.24, 2.45) is 17.6 Å². The third kappa shape index (κ3) is 3.39. The van der Waals surface area contributed by atoms with E-state index in [9.17, 15) is 9.59 Å². The van der Waals surface area contributed by atoms with Crippen LogP contribution in [0.2, 0.25) is 0 Å². The van der Waals surface area contributed by atoms with Gasteiger partial charge in [-0.2, -0.15) is 9.36 Å². The average Bonchev–Trinajstić information content (AvgIpc) is 3.23. The second kappa shape index (κ2) is 6.98. The van der Waals surface area contributed by atoms with E-state index in [4.69, 9.17) is 5.73 Å². The molecule has 24 heavy (non-hydrogen) atoms. The highest BCUT2D eigenvalue weighted by atomic mass is 16.2. The molecule has 1 aromatic carbocycles. The molecule has 1 saturated carbocycles. The van der Waals surface area contributed by atoms with Crippen LogP contribution in [0.3, 0.4) is 0 Å². The first-order valence-corrected chi connectivity index (χ1v) is 8.49. The standard InChI is InChI=1S/C17H23N5O2/c1-12(13-4-2-3-5-13)10-11-21-17(24)22(20-19-21)15-8-6-14(7-9-15)16(18)23/h6-9,12-13H,2-5,10-11H2,1H3,(H2,18,23). The Bertz CT molecular complexity index is 756. The van der Waals surface area contributed by atoms with Gasteiger partial charge in [0.15, 0.2) is 0 Å². The van der Waals surface area contributed by atoms with Gasteiger partial charge in [-0.3, -0.25) is 4.79 Å². The van der Waals surface area contributed by atoms with Crippen LogP contribution in [0.5, 0.6) is 0 Å². The van der Waals surface area contributed by atoms with Gasteiger partial charge in [-0.05, 0) is 52.9 Å². The molecule has 128 valence electrons. The van der Waals surface area contributed by atoms with E-state index in [0.29, 0.717) is 23.7 Å². The van der Waals surface area contributed by atoms with Gasteiger partial charge in [0.05, 0.1) is 5.69 Å². The molecule has 1 heterocycles. The number of amides is 1. The minimum Gasteiger partial charge on any atom is -0.366 e. The monoisotopic (exact) mass is 329 g/mol. The Morgan fingerprint density at radius 1 is 1.25 bits per heavy atom. The molecule has 0 bridgehead atoms. The van der Waals surface area contributed by atoms with Crippen LogP contribution in [0.1, 0.15) is 49.4 Å². The number of carbonyl (C=O) groups excluding carboxylic acids is 1. The Kier molecular flexibility index (Phi) is 4.78. The minimum absolute atomic E-state index is 0.263. The molecule has 1 aliphatic rings. The normalized spacial score (nSPS) is 16.4. The first-order chi connectivity index (χ1) is 11.6. The van der Waals surface area contributed by atoms with Crippen molar-refractivity contribution in [2.45, 2.75) is 45.6 Å². The summed E-state index contributed by atoms with van der Waals surface area (Å²) in [6, 6.07) is 6.43. The molecule has 2 N–H and O–H groups in total. The SMILES string of the molecule is CC(CCn1nnn(-c2ccc(C(N)=O)cc2)c1=O)C1CCCC1. The Labute approximate surface area is 140 Å². The van der Waals surface area contributed by atoms with Crippen LogP contribution in [0.4, 0.5) is 0 Å². The molecule has 1 fully saturated rings. The molecule has 0 aliphatic heterocycles. The lowest BCUT2D eigenvalue weighted by Gasteiger charge is -2.17. The van der Waals surface area contributed by atoms with E-state index in [1.54, 1.807) is 24.3 Å². The van der Waals surface area contributed by atoms with Crippen molar-refractivity contribution in [3.05, 3.63) is 40.3 Å². The number of primary amides is 1. The van der Waals surface area contributed by atoms with Crippen molar-refractivity contribution in [1.29, 1.82) is 0 Å². The first-order valence-electron chi connectivity index (χ1n) is 8.49. The summed E-state index contributed by atoms with van der Waals surface area (Å²) in [7, 11) is 0. The number of hydrogen-bond donors (Lipinski definition) is 1. The molecule has 7 heteroatoms. The summed E-state index contributed by atoms with van der Waals surface area (Å²) in [4.78, 5) is 23.5. The Balaban J connectivity index is 1.69. The molecule has 1 atom stereocenters. The van der Waals surface area contributed by atoms with Gasteiger partial charge in [0.1, 0.15) is 0 Å². The van der Waals surface area contributed by atoms with Crippen molar-refractivity contribution in [3.8, 4) is 5.69 Å². The number of carbonyl (C=O) groups is 1. The summed E-state index contributed by atoms with van der Waals surface area (Å²) < 4.78 is 2.65. The lowest BCUT2D eigenvalue weighted by molar-refractivity contribution is 0.100. The fourth-order valence-electron chi connectivity index (χ4n) is 3.43. The summed E-state index contributed by atoms with van der Waals surface area (Å²) in [6.45, 7) is 2.84. The molecular weight excluding hydrogens is 306 g/mol. The van der Waals surface area contributed by atoms with E-state index in [1.807, 2.05) is 0 Å². The van der Waals surface area contributed by atoms with E-state index >= 15 is 0 Å². The lowest BCUT2D eigenvalue weighted by Crippen LogP contribution is -2.25. The van der Waals surface area contributed by atoms with Crippen molar-refractivity contribution in [2.75, 3.05) is 0 Å². The quantitative estimate of drug-likeness (QED) is 0.873. The van der Waals surface area contributed by atoms with Gasteiger partial charge in [-0.25, -0.2) is 4.79 Å². The van der Waals surface area contributed by atoms with Crippen LogP contribution in [-0.4, -0.2) is 25.7 Å². The summed E-state index contributed by atoms with van der Waals surface area (Å²) in [6.07, 6.45) is 6.19. The second-order valence-corrected chi connectivity index (χ2v) is 6.62. The smallest absolute Gasteiger partial charge is 0.366 e. The van der Waals surface area contributed by atoms with Gasteiger partial charge in [-0.15, -0.1) is 0 Å². The Morgan fingerprint density at radius 3 is 2.54 bits per heavy atom. The number of nitrogens with zero attached hydrogens (tertiary/aromatic N) is 4. The zero-order valence-electron chi connectivity index (χ0n) is 13.9. The third-order valence-corrected chi connectivity index (χ3v) is 5.04. The predicted molar refractivity (Wildman–Crippen MR) is 89.9 cm³/mol. The molecule has 3 rings (SSSR count). The number of benzene rings is 1. The maximum atomic E-state index is 12.4. The van der Waals surface area contributed by atoms with E-state index in [1.165, 1.54) is 35.0 Å². The fraction of sp³-hybridized carbons (Fsp3) is 0.529. The molecule has 2 aromatic rings. The molecule has 0 saturated heterocycles. The molecule has 1 unspecified atom stereocenters. The van der Waals surface area contributed by atoms with E-state index in [0.717, 1.165) is 12.3 Å². The summed E-state index contributed by atoms with van der Waals surface area (Å²) in [5.74, 6) is 0.870. The molecule has 0 spiro atoms. The molecule has 0 radical (unpaired) electrons. The van der Waals surface area contributed by atoms with Crippen LogP contribution in [0.15, 0.2) is 29.1 Å². The highest BCUT2D eigenvalue weighted by molar-refractivity contribution is 5.92. The zero-order valence-corrected chi connectivity index (χ0v) is 13.9. The highest BCUT2D eigenvalue weighted by Gasteiger charge is 2.21. The Hall–Kier alpha value is -2.44. The predicted octanol–water partition coefficient (Wildman–Crippen LogP) is 1.74. The lowest BCUT2D eigenvalue weighted by atomic mass is 9.90. The van der Waals surface area contributed by atoms with Crippen molar-refractivity contribution >= 4 is 5.91 Å². The van der Waals surface area contributed by atoms with Crippen molar-refractivity contribution in [3.63, 3.8) is 0 Å². The van der Waals surface area contributed by atoms with E-state index < -0.39 is 5.91 Å². The fourth-order valence-corrected chi connectivity index (χ4v) is 3.43. The molecular formula is C17H23N5O2. The molecule has 1 aromatic heterocycles. The number of rotatable bonds is 6. The average molecular weight is 329 g/mol. The molecule has 1 amide bonds. The number of aryl methyl sites for hydroxylation is 1. The highest BCUT2D eigenvalue weighted by Crippen LogP contribution is 2.32. The molecule has 1 aliphatic carbocycles. The maximum Gasteiger partial charge on any atom is 0.368 e.